The predicted octanol–water partition coefficient (Wildman–Crippen LogP) is 4.35. The van der Waals surface area contributed by atoms with Gasteiger partial charge in [0.25, 0.3) is 5.91 Å². The van der Waals surface area contributed by atoms with Crippen LogP contribution in [0.25, 0.3) is 0 Å². The maximum Gasteiger partial charge on any atom is 0.343 e. The van der Waals surface area contributed by atoms with Gasteiger partial charge in [0.05, 0.1) is 23.8 Å². The second-order valence-corrected chi connectivity index (χ2v) is 7.23. The predicted molar refractivity (Wildman–Crippen MR) is 120 cm³/mol. The number of halogens is 1. The minimum atomic E-state index is -0.751. The first kappa shape index (κ1) is 22.6. The first-order valence-electron chi connectivity index (χ1n) is 9.11. The Balaban J connectivity index is 1.72. The second-order valence-electron chi connectivity index (χ2n) is 6.31. The molecule has 0 aliphatic carbocycles. The molecule has 0 unspecified atom stereocenters. The number of hydrogen-bond acceptors (Lipinski definition) is 7. The number of carbonyl (C=O) groups excluding carboxylic acids is 2. The zero-order valence-electron chi connectivity index (χ0n) is 16.7. The highest BCUT2D eigenvalue weighted by Crippen LogP contribution is 2.28. The highest BCUT2D eigenvalue weighted by molar-refractivity contribution is 9.10. The Morgan fingerprint density at radius 2 is 1.81 bits per heavy atom. The SMILES string of the molecule is COc1ccc(C(=O)Oc2ccc(C=NNC(=O)c3cccc(Br)c3)cc2[N+](=O)[O-])cc1. The average molecular weight is 498 g/mol. The number of methoxy groups -OCH3 is 1. The van der Waals surface area contributed by atoms with Crippen molar-refractivity contribution in [3.63, 3.8) is 0 Å². The van der Waals surface area contributed by atoms with E-state index in [0.717, 1.165) is 4.47 Å². The Morgan fingerprint density at radius 1 is 1.06 bits per heavy atom. The number of carbonyl (C=O) groups is 2. The third-order valence-corrected chi connectivity index (χ3v) is 4.67. The van der Waals surface area contributed by atoms with Crippen molar-refractivity contribution in [2.24, 2.45) is 5.10 Å². The summed E-state index contributed by atoms with van der Waals surface area (Å²) >= 11 is 3.28. The molecule has 0 aliphatic heterocycles. The van der Waals surface area contributed by atoms with E-state index in [2.05, 4.69) is 26.5 Å². The van der Waals surface area contributed by atoms with Crippen LogP contribution in [0.4, 0.5) is 5.69 Å². The number of benzene rings is 3. The van der Waals surface area contributed by atoms with Crippen LogP contribution in [0.2, 0.25) is 0 Å². The second kappa shape index (κ2) is 10.3. The minimum absolute atomic E-state index is 0.209. The smallest absolute Gasteiger partial charge is 0.343 e. The molecule has 0 saturated heterocycles. The van der Waals surface area contributed by atoms with E-state index >= 15 is 0 Å². The summed E-state index contributed by atoms with van der Waals surface area (Å²) in [7, 11) is 1.49. The van der Waals surface area contributed by atoms with Gasteiger partial charge in [0.15, 0.2) is 0 Å². The Hall–Kier alpha value is -4.05. The van der Waals surface area contributed by atoms with Gasteiger partial charge in [0.1, 0.15) is 5.75 Å². The fourth-order valence-corrected chi connectivity index (χ4v) is 2.99. The van der Waals surface area contributed by atoms with Gasteiger partial charge in [0, 0.05) is 21.7 Å². The maximum atomic E-state index is 12.3. The number of rotatable bonds is 7. The Bertz CT molecular complexity index is 1190. The van der Waals surface area contributed by atoms with Crippen LogP contribution in [0.1, 0.15) is 26.3 Å². The van der Waals surface area contributed by atoms with Crippen LogP contribution in [0.3, 0.4) is 0 Å². The number of nitrogens with one attached hydrogen (secondary N) is 1. The molecular formula is C22H16BrN3O6. The number of esters is 1. The fourth-order valence-electron chi connectivity index (χ4n) is 2.59. The molecule has 0 aromatic heterocycles. The van der Waals surface area contributed by atoms with Gasteiger partial charge in [-0.1, -0.05) is 22.0 Å². The summed E-state index contributed by atoms with van der Waals surface area (Å²) in [6.07, 6.45) is 1.25. The van der Waals surface area contributed by atoms with E-state index in [1.807, 2.05) is 0 Å². The molecule has 0 atom stereocenters. The zero-order valence-corrected chi connectivity index (χ0v) is 18.2. The van der Waals surface area contributed by atoms with Crippen molar-refractivity contribution < 1.29 is 24.0 Å². The molecular weight excluding hydrogens is 482 g/mol. The normalized spacial score (nSPS) is 10.6. The molecule has 162 valence electrons. The third kappa shape index (κ3) is 5.76. The highest BCUT2D eigenvalue weighted by atomic mass is 79.9. The van der Waals surface area contributed by atoms with Crippen molar-refractivity contribution in [2.45, 2.75) is 0 Å². The van der Waals surface area contributed by atoms with Gasteiger partial charge < -0.3 is 9.47 Å². The molecule has 0 saturated carbocycles. The van der Waals surface area contributed by atoms with E-state index in [0.29, 0.717) is 16.9 Å². The molecule has 0 radical (unpaired) electrons. The van der Waals surface area contributed by atoms with Gasteiger partial charge >= 0.3 is 11.7 Å². The lowest BCUT2D eigenvalue weighted by atomic mass is 10.2. The van der Waals surface area contributed by atoms with E-state index in [9.17, 15) is 19.7 Å². The molecule has 0 fully saturated rings. The van der Waals surface area contributed by atoms with Crippen LogP contribution in [-0.2, 0) is 0 Å². The molecule has 0 heterocycles. The topological polar surface area (TPSA) is 120 Å². The molecule has 0 spiro atoms. The number of hydrazone groups is 1. The Labute approximate surface area is 190 Å². The van der Waals surface area contributed by atoms with E-state index < -0.39 is 22.5 Å². The van der Waals surface area contributed by atoms with Gasteiger partial charge in [0.2, 0.25) is 5.75 Å². The minimum Gasteiger partial charge on any atom is -0.497 e. The lowest BCUT2D eigenvalue weighted by Crippen LogP contribution is -2.17. The first-order chi connectivity index (χ1) is 15.4. The van der Waals surface area contributed by atoms with Crippen LogP contribution in [0.5, 0.6) is 11.5 Å². The van der Waals surface area contributed by atoms with Crippen molar-refractivity contribution in [1.82, 2.24) is 5.43 Å². The summed E-state index contributed by atoms with van der Waals surface area (Å²) < 4.78 is 11.0. The summed E-state index contributed by atoms with van der Waals surface area (Å²) in [4.78, 5) is 35.2. The molecule has 0 bridgehead atoms. The molecule has 0 aliphatic rings. The average Bonchev–Trinajstić information content (AvgIpc) is 2.79. The summed E-state index contributed by atoms with van der Waals surface area (Å²) in [6.45, 7) is 0. The lowest BCUT2D eigenvalue weighted by molar-refractivity contribution is -0.385. The molecule has 32 heavy (non-hydrogen) atoms. The summed E-state index contributed by atoms with van der Waals surface area (Å²) in [5.74, 6) is -0.852. The molecule has 1 amide bonds. The monoisotopic (exact) mass is 497 g/mol. The molecule has 1 N–H and O–H groups in total. The van der Waals surface area contributed by atoms with E-state index in [1.165, 1.54) is 43.7 Å². The zero-order chi connectivity index (χ0) is 23.1. The molecule has 9 nitrogen and oxygen atoms in total. The number of nitro benzene ring substituents is 1. The standard InChI is InChI=1S/C22H16BrN3O6/c1-31-18-8-6-15(7-9-18)22(28)32-20-10-5-14(11-19(20)26(29)30)13-24-25-21(27)16-3-2-4-17(23)12-16/h2-13H,1H3,(H,25,27). The maximum absolute atomic E-state index is 12.3. The number of nitro groups is 1. The van der Waals surface area contributed by atoms with E-state index in [4.69, 9.17) is 9.47 Å². The van der Waals surface area contributed by atoms with Crippen LogP contribution in [0, 0.1) is 10.1 Å². The molecule has 3 aromatic carbocycles. The van der Waals surface area contributed by atoms with Crippen LogP contribution in [-0.4, -0.2) is 30.1 Å². The number of hydrogen-bond donors (Lipinski definition) is 1. The molecule has 10 heteroatoms. The van der Waals surface area contributed by atoms with E-state index in [-0.39, 0.29) is 11.3 Å². The van der Waals surface area contributed by atoms with Gasteiger partial charge in [-0.3, -0.25) is 14.9 Å². The summed E-state index contributed by atoms with van der Waals surface area (Å²) in [6, 6.07) is 16.8. The van der Waals surface area contributed by atoms with Crippen molar-refractivity contribution in [3.05, 3.63) is 98.0 Å². The number of ether oxygens (including phenoxy) is 2. The van der Waals surface area contributed by atoms with Crippen molar-refractivity contribution in [2.75, 3.05) is 7.11 Å². The van der Waals surface area contributed by atoms with Gasteiger partial charge in [-0.05, 0) is 54.6 Å². The van der Waals surface area contributed by atoms with Crippen molar-refractivity contribution in [1.29, 1.82) is 0 Å². The van der Waals surface area contributed by atoms with E-state index in [1.54, 1.807) is 36.4 Å². The summed E-state index contributed by atoms with van der Waals surface area (Å²) in [5, 5.41) is 15.3. The van der Waals surface area contributed by atoms with Crippen LogP contribution >= 0.6 is 15.9 Å². The highest BCUT2D eigenvalue weighted by Gasteiger charge is 2.19. The Morgan fingerprint density at radius 3 is 2.47 bits per heavy atom. The largest absolute Gasteiger partial charge is 0.497 e. The number of nitrogens with zero attached hydrogens (tertiary/aromatic N) is 2. The fraction of sp³-hybridized carbons (Fsp3) is 0.0455. The molecule has 3 rings (SSSR count). The quantitative estimate of drug-likeness (QED) is 0.170. The lowest BCUT2D eigenvalue weighted by Gasteiger charge is -2.06. The first-order valence-corrected chi connectivity index (χ1v) is 9.90. The Kier molecular flexibility index (Phi) is 7.29. The summed E-state index contributed by atoms with van der Waals surface area (Å²) in [5.41, 5.74) is 2.85. The molecule has 3 aromatic rings. The van der Waals surface area contributed by atoms with Crippen LogP contribution < -0.4 is 14.9 Å². The van der Waals surface area contributed by atoms with Gasteiger partial charge in [-0.15, -0.1) is 0 Å². The van der Waals surface area contributed by atoms with Crippen LogP contribution in [0.15, 0.2) is 76.3 Å². The van der Waals surface area contributed by atoms with Crippen molar-refractivity contribution in [3.8, 4) is 11.5 Å². The van der Waals surface area contributed by atoms with Gasteiger partial charge in [-0.2, -0.15) is 5.10 Å². The third-order valence-electron chi connectivity index (χ3n) is 4.17. The number of amides is 1. The van der Waals surface area contributed by atoms with Gasteiger partial charge in [-0.25, -0.2) is 10.2 Å². The van der Waals surface area contributed by atoms with Crippen molar-refractivity contribution >= 4 is 39.7 Å².